The van der Waals surface area contributed by atoms with Crippen LogP contribution >= 0.6 is 0 Å². The summed E-state index contributed by atoms with van der Waals surface area (Å²) >= 11 is 0. The molecule has 1 aromatic carbocycles. The molecule has 0 bridgehead atoms. The van der Waals surface area contributed by atoms with E-state index >= 15 is 0 Å². The Bertz CT molecular complexity index is 373. The fourth-order valence-electron chi connectivity index (χ4n) is 2.20. The standard InChI is InChI=1S/C18H31NO/c1-14(2)8-7-11-20-18(13-19-15(3)4)17-10-6-9-16(5)12-17/h6,9-10,12,14-15,18-19H,7-8,11,13H2,1-5H3. The summed E-state index contributed by atoms with van der Waals surface area (Å²) in [4.78, 5) is 0. The maximum absolute atomic E-state index is 6.12. The van der Waals surface area contributed by atoms with E-state index in [1.54, 1.807) is 0 Å². The molecule has 0 saturated carbocycles. The van der Waals surface area contributed by atoms with Gasteiger partial charge >= 0.3 is 0 Å². The van der Waals surface area contributed by atoms with Crippen molar-refractivity contribution in [3.05, 3.63) is 35.4 Å². The smallest absolute Gasteiger partial charge is 0.0949 e. The van der Waals surface area contributed by atoms with Crippen LogP contribution in [0.15, 0.2) is 24.3 Å². The van der Waals surface area contributed by atoms with Crippen molar-refractivity contribution < 1.29 is 4.74 Å². The van der Waals surface area contributed by atoms with Gasteiger partial charge < -0.3 is 10.1 Å². The molecule has 1 rings (SSSR count). The molecule has 0 aliphatic carbocycles. The molecule has 0 heterocycles. The summed E-state index contributed by atoms with van der Waals surface area (Å²) in [7, 11) is 0. The second-order valence-electron chi connectivity index (χ2n) is 6.37. The molecule has 0 aromatic heterocycles. The first kappa shape index (κ1) is 17.2. The van der Waals surface area contributed by atoms with Crippen LogP contribution < -0.4 is 5.32 Å². The van der Waals surface area contributed by atoms with E-state index in [1.165, 1.54) is 17.5 Å². The highest BCUT2D eigenvalue weighted by Crippen LogP contribution is 2.19. The van der Waals surface area contributed by atoms with Crippen LogP contribution in [0.1, 0.15) is 57.8 Å². The summed E-state index contributed by atoms with van der Waals surface area (Å²) in [6, 6.07) is 9.14. The SMILES string of the molecule is Cc1cccc(C(CNC(C)C)OCCCC(C)C)c1. The zero-order valence-corrected chi connectivity index (χ0v) is 13.8. The lowest BCUT2D eigenvalue weighted by Crippen LogP contribution is -2.29. The van der Waals surface area contributed by atoms with E-state index in [0.717, 1.165) is 25.5 Å². The van der Waals surface area contributed by atoms with Gasteiger partial charge in [-0.05, 0) is 31.2 Å². The minimum absolute atomic E-state index is 0.157. The van der Waals surface area contributed by atoms with Gasteiger partial charge in [-0.3, -0.25) is 0 Å². The summed E-state index contributed by atoms with van der Waals surface area (Å²) in [5.41, 5.74) is 2.57. The number of ether oxygens (including phenoxy) is 1. The highest BCUT2D eigenvalue weighted by molar-refractivity contribution is 5.24. The predicted molar refractivity (Wildman–Crippen MR) is 87.1 cm³/mol. The van der Waals surface area contributed by atoms with E-state index in [2.05, 4.69) is 64.2 Å². The number of hydrogen-bond acceptors (Lipinski definition) is 2. The number of hydrogen-bond donors (Lipinski definition) is 1. The quantitative estimate of drug-likeness (QED) is 0.672. The molecule has 0 saturated heterocycles. The zero-order chi connectivity index (χ0) is 15.0. The molecule has 2 heteroatoms. The molecule has 0 amide bonds. The van der Waals surface area contributed by atoms with Crippen LogP contribution in [0, 0.1) is 12.8 Å². The van der Waals surface area contributed by atoms with E-state index in [9.17, 15) is 0 Å². The Morgan fingerprint density at radius 2 is 1.90 bits per heavy atom. The summed E-state index contributed by atoms with van der Waals surface area (Å²) in [6.07, 6.45) is 2.53. The van der Waals surface area contributed by atoms with Crippen molar-refractivity contribution in [3.63, 3.8) is 0 Å². The van der Waals surface area contributed by atoms with E-state index in [0.29, 0.717) is 6.04 Å². The first-order chi connectivity index (χ1) is 9.49. The number of benzene rings is 1. The largest absolute Gasteiger partial charge is 0.372 e. The number of nitrogens with one attached hydrogen (secondary N) is 1. The number of aryl methyl sites for hydroxylation is 1. The summed E-state index contributed by atoms with van der Waals surface area (Å²) < 4.78 is 6.12. The topological polar surface area (TPSA) is 21.3 Å². The minimum atomic E-state index is 0.157. The highest BCUT2D eigenvalue weighted by atomic mass is 16.5. The first-order valence-electron chi connectivity index (χ1n) is 7.90. The van der Waals surface area contributed by atoms with E-state index in [4.69, 9.17) is 4.74 Å². The van der Waals surface area contributed by atoms with Gasteiger partial charge in [-0.15, -0.1) is 0 Å². The molecule has 1 N–H and O–H groups in total. The average Bonchev–Trinajstić information content (AvgIpc) is 2.37. The van der Waals surface area contributed by atoms with Crippen LogP contribution in [0.3, 0.4) is 0 Å². The fraction of sp³-hybridized carbons (Fsp3) is 0.667. The fourth-order valence-corrected chi connectivity index (χ4v) is 2.20. The first-order valence-corrected chi connectivity index (χ1v) is 7.90. The molecule has 1 atom stereocenters. The summed E-state index contributed by atoms with van der Waals surface area (Å²) in [5.74, 6) is 0.754. The Balaban J connectivity index is 2.55. The van der Waals surface area contributed by atoms with Gasteiger partial charge in [0.2, 0.25) is 0 Å². The van der Waals surface area contributed by atoms with Crippen LogP contribution in [0.5, 0.6) is 0 Å². The number of rotatable bonds is 9. The van der Waals surface area contributed by atoms with Gasteiger partial charge in [0.25, 0.3) is 0 Å². The molecule has 2 nitrogen and oxygen atoms in total. The Labute approximate surface area is 124 Å². The second-order valence-corrected chi connectivity index (χ2v) is 6.37. The normalized spacial score (nSPS) is 13.2. The van der Waals surface area contributed by atoms with Crippen molar-refractivity contribution in [3.8, 4) is 0 Å². The predicted octanol–water partition coefficient (Wildman–Crippen LogP) is 4.49. The van der Waals surface area contributed by atoms with E-state index in [-0.39, 0.29) is 6.10 Å². The lowest BCUT2D eigenvalue weighted by atomic mass is 10.1. The zero-order valence-electron chi connectivity index (χ0n) is 13.8. The minimum Gasteiger partial charge on any atom is -0.372 e. The van der Waals surface area contributed by atoms with Crippen LogP contribution in [0.4, 0.5) is 0 Å². The molecule has 1 unspecified atom stereocenters. The van der Waals surface area contributed by atoms with Crippen molar-refractivity contribution in [2.45, 2.75) is 59.6 Å². The van der Waals surface area contributed by atoms with Gasteiger partial charge in [-0.1, -0.05) is 57.5 Å². The van der Waals surface area contributed by atoms with E-state index in [1.807, 2.05) is 0 Å². The molecular weight excluding hydrogens is 246 g/mol. The molecule has 0 aliphatic rings. The Hall–Kier alpha value is -0.860. The van der Waals surface area contributed by atoms with Crippen molar-refractivity contribution >= 4 is 0 Å². The van der Waals surface area contributed by atoms with Gasteiger partial charge in [0.05, 0.1) is 6.10 Å². The average molecular weight is 277 g/mol. The van der Waals surface area contributed by atoms with Crippen LogP contribution in [0.25, 0.3) is 0 Å². The highest BCUT2D eigenvalue weighted by Gasteiger charge is 2.12. The third kappa shape index (κ3) is 7.06. The third-order valence-corrected chi connectivity index (χ3v) is 3.37. The third-order valence-electron chi connectivity index (χ3n) is 3.37. The van der Waals surface area contributed by atoms with Gasteiger partial charge in [0, 0.05) is 19.2 Å². The Kier molecular flexibility index (Phi) is 7.86. The molecule has 0 radical (unpaired) electrons. The van der Waals surface area contributed by atoms with Gasteiger partial charge in [-0.25, -0.2) is 0 Å². The molecular formula is C18H31NO. The van der Waals surface area contributed by atoms with Crippen molar-refractivity contribution in [1.82, 2.24) is 5.32 Å². The summed E-state index contributed by atoms with van der Waals surface area (Å²) in [6.45, 7) is 12.7. The van der Waals surface area contributed by atoms with E-state index < -0.39 is 0 Å². The van der Waals surface area contributed by atoms with Crippen LogP contribution in [-0.2, 0) is 4.74 Å². The van der Waals surface area contributed by atoms with Gasteiger partial charge in [0.15, 0.2) is 0 Å². The van der Waals surface area contributed by atoms with Gasteiger partial charge in [0.1, 0.15) is 0 Å². The van der Waals surface area contributed by atoms with Crippen molar-refractivity contribution in [2.75, 3.05) is 13.2 Å². The molecule has 0 aliphatic heterocycles. The molecule has 20 heavy (non-hydrogen) atoms. The second kappa shape index (κ2) is 9.15. The lowest BCUT2D eigenvalue weighted by Gasteiger charge is -2.21. The molecule has 1 aromatic rings. The maximum atomic E-state index is 6.12. The molecule has 0 spiro atoms. The Morgan fingerprint density at radius 1 is 1.15 bits per heavy atom. The van der Waals surface area contributed by atoms with Crippen LogP contribution in [0.2, 0.25) is 0 Å². The monoisotopic (exact) mass is 277 g/mol. The van der Waals surface area contributed by atoms with Crippen LogP contribution in [-0.4, -0.2) is 19.2 Å². The van der Waals surface area contributed by atoms with Gasteiger partial charge in [-0.2, -0.15) is 0 Å². The lowest BCUT2D eigenvalue weighted by molar-refractivity contribution is 0.0474. The Morgan fingerprint density at radius 3 is 2.50 bits per heavy atom. The molecule has 0 fully saturated rings. The maximum Gasteiger partial charge on any atom is 0.0949 e. The van der Waals surface area contributed by atoms with Crippen molar-refractivity contribution in [1.29, 1.82) is 0 Å². The van der Waals surface area contributed by atoms with Crippen molar-refractivity contribution in [2.24, 2.45) is 5.92 Å². The summed E-state index contributed by atoms with van der Waals surface area (Å²) in [5, 5.41) is 3.49. The molecule has 114 valence electrons.